The van der Waals surface area contributed by atoms with E-state index in [0.29, 0.717) is 0 Å². The molecule has 0 aliphatic carbocycles. The monoisotopic (exact) mass is 458 g/mol. The normalized spacial score (nSPS) is 17.0. The maximum Gasteiger partial charge on any atom is 0.191 e. The average Bonchev–Trinajstić information content (AvgIpc) is 2.59. The van der Waals surface area contributed by atoms with Crippen molar-refractivity contribution in [1.82, 2.24) is 15.5 Å². The molecule has 2 rings (SSSR count). The lowest BCUT2D eigenvalue weighted by atomic mass is 9.85. The number of guanidine groups is 1. The van der Waals surface area contributed by atoms with Crippen molar-refractivity contribution in [2.24, 2.45) is 10.9 Å². The minimum atomic E-state index is 0. The van der Waals surface area contributed by atoms with E-state index < -0.39 is 0 Å². The Morgan fingerprint density at radius 2 is 1.80 bits per heavy atom. The summed E-state index contributed by atoms with van der Waals surface area (Å²) in [6, 6.07) is 10.6. The first-order valence-corrected chi connectivity index (χ1v) is 9.27. The number of aliphatic imine (C=N–C) groups is 1. The summed E-state index contributed by atoms with van der Waals surface area (Å²) in [6.07, 6.45) is 2.55. The van der Waals surface area contributed by atoms with Crippen molar-refractivity contribution >= 4 is 29.9 Å². The first-order chi connectivity index (χ1) is 11.5. The van der Waals surface area contributed by atoms with E-state index in [1.165, 1.54) is 31.5 Å². The van der Waals surface area contributed by atoms with Gasteiger partial charge in [-0.3, -0.25) is 4.99 Å². The maximum absolute atomic E-state index is 4.84. The Kier molecular flexibility index (Phi) is 9.79. The predicted molar refractivity (Wildman–Crippen MR) is 119 cm³/mol. The molecule has 0 bridgehead atoms. The van der Waals surface area contributed by atoms with Crippen LogP contribution in [-0.2, 0) is 5.41 Å². The fourth-order valence-corrected chi connectivity index (χ4v) is 3.11. The molecule has 0 spiro atoms. The van der Waals surface area contributed by atoms with E-state index in [4.69, 9.17) is 4.99 Å². The molecule has 1 heterocycles. The highest BCUT2D eigenvalue weighted by atomic mass is 127. The van der Waals surface area contributed by atoms with Crippen molar-refractivity contribution in [1.29, 1.82) is 0 Å². The van der Waals surface area contributed by atoms with Crippen LogP contribution in [-0.4, -0.2) is 50.6 Å². The molecule has 25 heavy (non-hydrogen) atoms. The standard InChI is InChI=1S/C20H34N4.HI/c1-5-21-19(22-15-17-11-13-24(4)14-12-17)23-16-20(2,3)18-9-7-6-8-10-18;/h6-10,17H,5,11-16H2,1-4H3,(H2,21,22,23);1H. The van der Waals surface area contributed by atoms with Crippen LogP contribution < -0.4 is 10.6 Å². The van der Waals surface area contributed by atoms with Gasteiger partial charge in [0.05, 0.1) is 6.54 Å². The minimum absolute atomic E-state index is 0. The maximum atomic E-state index is 4.84. The van der Waals surface area contributed by atoms with Gasteiger partial charge >= 0.3 is 0 Å². The number of nitrogens with one attached hydrogen (secondary N) is 2. The third-order valence-corrected chi connectivity index (χ3v) is 4.93. The van der Waals surface area contributed by atoms with Crippen molar-refractivity contribution in [3.63, 3.8) is 0 Å². The molecule has 5 heteroatoms. The SMILES string of the molecule is CCNC(=NCC(C)(C)c1ccccc1)NCC1CCN(C)CC1.I. The molecule has 0 aromatic heterocycles. The van der Waals surface area contributed by atoms with Gasteiger partial charge in [0.2, 0.25) is 0 Å². The molecule has 0 atom stereocenters. The highest BCUT2D eigenvalue weighted by molar-refractivity contribution is 14.0. The highest BCUT2D eigenvalue weighted by Crippen LogP contribution is 2.23. The average molecular weight is 458 g/mol. The van der Waals surface area contributed by atoms with E-state index in [1.54, 1.807) is 0 Å². The predicted octanol–water partition coefficient (Wildman–Crippen LogP) is 3.48. The van der Waals surface area contributed by atoms with Gasteiger partial charge in [0, 0.05) is 18.5 Å². The molecule has 1 aromatic rings. The summed E-state index contributed by atoms with van der Waals surface area (Å²) in [7, 11) is 2.21. The second kappa shape index (κ2) is 11.0. The van der Waals surface area contributed by atoms with Gasteiger partial charge in [0.25, 0.3) is 0 Å². The lowest BCUT2D eigenvalue weighted by molar-refractivity contribution is 0.220. The van der Waals surface area contributed by atoms with Crippen molar-refractivity contribution in [2.45, 2.75) is 39.0 Å². The second-order valence-corrected chi connectivity index (χ2v) is 7.57. The van der Waals surface area contributed by atoms with Crippen LogP contribution in [0.25, 0.3) is 0 Å². The molecule has 142 valence electrons. The smallest absolute Gasteiger partial charge is 0.191 e. The largest absolute Gasteiger partial charge is 0.357 e. The summed E-state index contributed by atoms with van der Waals surface area (Å²) in [5, 5.41) is 6.93. The van der Waals surface area contributed by atoms with Gasteiger partial charge in [0.15, 0.2) is 5.96 Å². The molecule has 0 saturated carbocycles. The van der Waals surface area contributed by atoms with E-state index in [-0.39, 0.29) is 29.4 Å². The molecular formula is C20H35IN4. The van der Waals surface area contributed by atoms with Crippen molar-refractivity contribution < 1.29 is 0 Å². The third kappa shape index (κ3) is 7.52. The zero-order chi connectivity index (χ0) is 17.4. The van der Waals surface area contributed by atoms with Crippen LogP contribution >= 0.6 is 24.0 Å². The molecule has 1 aliphatic rings. The Hall–Kier alpha value is -0.820. The van der Waals surface area contributed by atoms with Crippen molar-refractivity contribution in [3.05, 3.63) is 35.9 Å². The first kappa shape index (κ1) is 22.2. The molecule has 1 aromatic carbocycles. The second-order valence-electron chi connectivity index (χ2n) is 7.57. The van der Waals surface area contributed by atoms with E-state index in [9.17, 15) is 0 Å². The van der Waals surface area contributed by atoms with Crippen LogP contribution in [0.4, 0.5) is 0 Å². The molecule has 2 N–H and O–H groups in total. The lowest BCUT2D eigenvalue weighted by Crippen LogP contribution is -2.42. The van der Waals surface area contributed by atoms with Crippen molar-refractivity contribution in [2.75, 3.05) is 39.8 Å². The molecule has 0 radical (unpaired) electrons. The zero-order valence-electron chi connectivity index (χ0n) is 16.2. The van der Waals surface area contributed by atoms with E-state index in [1.807, 2.05) is 0 Å². The summed E-state index contributed by atoms with van der Waals surface area (Å²) >= 11 is 0. The van der Waals surface area contributed by atoms with E-state index in [0.717, 1.165) is 31.5 Å². The number of hydrogen-bond donors (Lipinski definition) is 2. The summed E-state index contributed by atoms with van der Waals surface area (Å²) in [5.41, 5.74) is 1.37. The lowest BCUT2D eigenvalue weighted by Gasteiger charge is -2.29. The van der Waals surface area contributed by atoms with Crippen LogP contribution in [0.3, 0.4) is 0 Å². The van der Waals surface area contributed by atoms with Crippen LogP contribution in [0.1, 0.15) is 39.2 Å². The number of hydrogen-bond acceptors (Lipinski definition) is 2. The van der Waals surface area contributed by atoms with Crippen LogP contribution in [0, 0.1) is 5.92 Å². The number of benzene rings is 1. The van der Waals surface area contributed by atoms with Gasteiger partial charge < -0.3 is 15.5 Å². The third-order valence-electron chi connectivity index (χ3n) is 4.93. The molecule has 4 nitrogen and oxygen atoms in total. The van der Waals surface area contributed by atoms with Crippen molar-refractivity contribution in [3.8, 4) is 0 Å². The fourth-order valence-electron chi connectivity index (χ4n) is 3.11. The number of halogens is 1. The Morgan fingerprint density at radius 1 is 1.16 bits per heavy atom. The Labute approximate surface area is 170 Å². The fraction of sp³-hybridized carbons (Fsp3) is 0.650. The van der Waals surface area contributed by atoms with Crippen LogP contribution in [0.15, 0.2) is 35.3 Å². The summed E-state index contributed by atoms with van der Waals surface area (Å²) < 4.78 is 0. The molecule has 1 aliphatic heterocycles. The van der Waals surface area contributed by atoms with Crippen LogP contribution in [0.2, 0.25) is 0 Å². The number of nitrogens with zero attached hydrogens (tertiary/aromatic N) is 2. The molecule has 0 unspecified atom stereocenters. The highest BCUT2D eigenvalue weighted by Gasteiger charge is 2.20. The van der Waals surface area contributed by atoms with Gasteiger partial charge in [-0.25, -0.2) is 0 Å². The Bertz CT molecular complexity index is 508. The van der Waals surface area contributed by atoms with Crippen LogP contribution in [0.5, 0.6) is 0 Å². The Morgan fingerprint density at radius 3 is 2.40 bits per heavy atom. The summed E-state index contributed by atoms with van der Waals surface area (Å²) in [4.78, 5) is 7.26. The Balaban J connectivity index is 0.00000312. The minimum Gasteiger partial charge on any atom is -0.357 e. The molecular weight excluding hydrogens is 423 g/mol. The zero-order valence-corrected chi connectivity index (χ0v) is 18.5. The molecule has 1 saturated heterocycles. The van der Waals surface area contributed by atoms with Gasteiger partial charge in [-0.1, -0.05) is 44.2 Å². The molecule has 0 amide bonds. The number of rotatable bonds is 6. The van der Waals surface area contributed by atoms with Gasteiger partial charge in [-0.05, 0) is 51.4 Å². The van der Waals surface area contributed by atoms with Gasteiger partial charge in [0.1, 0.15) is 0 Å². The van der Waals surface area contributed by atoms with Gasteiger partial charge in [-0.15, -0.1) is 24.0 Å². The van der Waals surface area contributed by atoms with Gasteiger partial charge in [-0.2, -0.15) is 0 Å². The van der Waals surface area contributed by atoms with E-state index >= 15 is 0 Å². The van der Waals surface area contributed by atoms with E-state index in [2.05, 4.69) is 73.7 Å². The molecule has 1 fully saturated rings. The quantitative estimate of drug-likeness (QED) is 0.390. The number of piperidine rings is 1. The first-order valence-electron chi connectivity index (χ1n) is 9.27. The summed E-state index contributed by atoms with van der Waals surface area (Å²) in [5.74, 6) is 1.70. The summed E-state index contributed by atoms with van der Waals surface area (Å²) in [6.45, 7) is 11.7. The topological polar surface area (TPSA) is 39.7 Å². The number of likely N-dealkylation sites (tertiary alicyclic amines) is 1.